The Morgan fingerprint density at radius 2 is 1.75 bits per heavy atom. The average Bonchev–Trinajstić information content (AvgIpc) is 2.26. The second-order valence-corrected chi connectivity index (χ2v) is 2.93. The Labute approximate surface area is 94.0 Å². The third-order valence-electron chi connectivity index (χ3n) is 1.91. The van der Waals surface area contributed by atoms with E-state index < -0.39 is 11.8 Å². The van der Waals surface area contributed by atoms with Crippen LogP contribution in [0.2, 0.25) is 0 Å². The van der Waals surface area contributed by atoms with Crippen molar-refractivity contribution in [3.8, 4) is 0 Å². The summed E-state index contributed by atoms with van der Waals surface area (Å²) in [7, 11) is 4.49. The van der Waals surface area contributed by atoms with E-state index in [2.05, 4.69) is 15.6 Å². The lowest BCUT2D eigenvalue weighted by Crippen LogP contribution is -2.34. The zero-order chi connectivity index (χ0) is 12.7. The first-order chi connectivity index (χ1) is 7.47. The maximum Gasteiger partial charge on any atom is 0.256 e. The highest BCUT2D eigenvalue weighted by Gasteiger charge is 2.18. The van der Waals surface area contributed by atoms with Gasteiger partial charge in [0.15, 0.2) is 0 Å². The van der Waals surface area contributed by atoms with E-state index in [1.807, 2.05) is 0 Å². The zero-order valence-electron chi connectivity index (χ0n) is 9.63. The van der Waals surface area contributed by atoms with Crippen LogP contribution in [0.15, 0.2) is 16.3 Å². The molecule has 0 unspecified atom stereocenters. The molecular formula is C9H17N5O2. The molecule has 0 fully saturated rings. The van der Waals surface area contributed by atoms with E-state index in [0.717, 1.165) is 0 Å². The number of nitrogens with two attached hydrogens (primary N) is 2. The van der Waals surface area contributed by atoms with Crippen LogP contribution in [0.25, 0.3) is 0 Å². The lowest BCUT2D eigenvalue weighted by atomic mass is 10.1. The summed E-state index contributed by atoms with van der Waals surface area (Å²) in [6.45, 7) is 0. The van der Waals surface area contributed by atoms with Gasteiger partial charge in [-0.3, -0.25) is 14.6 Å². The molecule has 0 aliphatic carbocycles. The smallest absolute Gasteiger partial charge is 0.256 e. The summed E-state index contributed by atoms with van der Waals surface area (Å²) in [5.41, 5.74) is 11.1. The van der Waals surface area contributed by atoms with Gasteiger partial charge < -0.3 is 22.1 Å². The van der Waals surface area contributed by atoms with Crippen molar-refractivity contribution < 1.29 is 9.59 Å². The van der Waals surface area contributed by atoms with Crippen LogP contribution in [0.1, 0.15) is 6.42 Å². The molecular weight excluding hydrogens is 210 g/mol. The van der Waals surface area contributed by atoms with Crippen LogP contribution >= 0.6 is 0 Å². The highest BCUT2D eigenvalue weighted by atomic mass is 16.2. The highest BCUT2D eigenvalue weighted by molar-refractivity contribution is 6.20. The predicted molar refractivity (Wildman–Crippen MR) is 61.5 cm³/mol. The number of aliphatic imine (C=N–C) groups is 1. The third kappa shape index (κ3) is 3.60. The highest BCUT2D eigenvalue weighted by Crippen LogP contribution is 2.06. The summed E-state index contributed by atoms with van der Waals surface area (Å²) in [6.07, 6.45) is -0.102. The number of hydrogen-bond acceptors (Lipinski definition) is 4. The predicted octanol–water partition coefficient (Wildman–Crippen LogP) is -1.93. The topological polar surface area (TPSA) is 123 Å². The minimum Gasteiger partial charge on any atom is -0.390 e. The number of primary amides is 1. The molecule has 0 saturated carbocycles. The van der Waals surface area contributed by atoms with E-state index in [1.165, 1.54) is 14.1 Å². The molecule has 0 aliphatic rings. The molecule has 7 heteroatoms. The fourth-order valence-corrected chi connectivity index (χ4v) is 1.12. The normalized spacial score (nSPS) is 12.8. The Kier molecular flexibility index (Phi) is 5.61. The van der Waals surface area contributed by atoms with E-state index in [9.17, 15) is 9.59 Å². The summed E-state index contributed by atoms with van der Waals surface area (Å²) >= 11 is 0. The molecule has 0 aliphatic heterocycles. The van der Waals surface area contributed by atoms with Crippen LogP contribution in [0.4, 0.5) is 0 Å². The van der Waals surface area contributed by atoms with Gasteiger partial charge in [-0.25, -0.2) is 0 Å². The summed E-state index contributed by atoms with van der Waals surface area (Å²) in [5.74, 6) is -0.937. The largest absolute Gasteiger partial charge is 0.390 e. The molecule has 0 heterocycles. The Balaban J connectivity index is 5.47. The van der Waals surface area contributed by atoms with Gasteiger partial charge in [-0.15, -0.1) is 0 Å². The summed E-state index contributed by atoms with van der Waals surface area (Å²) in [5, 5.41) is 5.14. The lowest BCUT2D eigenvalue weighted by molar-refractivity contribution is -0.117. The van der Waals surface area contributed by atoms with E-state index in [-0.39, 0.29) is 17.8 Å². The number of rotatable bonds is 5. The van der Waals surface area contributed by atoms with Gasteiger partial charge in [-0.05, 0) is 0 Å². The van der Waals surface area contributed by atoms with Crippen LogP contribution in [0.3, 0.4) is 0 Å². The maximum atomic E-state index is 11.6. The van der Waals surface area contributed by atoms with Crippen molar-refractivity contribution in [1.82, 2.24) is 10.6 Å². The van der Waals surface area contributed by atoms with Crippen LogP contribution in [0.5, 0.6) is 0 Å². The molecule has 6 N–H and O–H groups in total. The number of carbonyl (C=O) groups is 2. The summed E-state index contributed by atoms with van der Waals surface area (Å²) < 4.78 is 0. The van der Waals surface area contributed by atoms with Crippen LogP contribution in [-0.2, 0) is 9.59 Å². The third-order valence-corrected chi connectivity index (χ3v) is 1.91. The maximum absolute atomic E-state index is 11.6. The first kappa shape index (κ1) is 13.9. The monoisotopic (exact) mass is 227 g/mol. The quantitative estimate of drug-likeness (QED) is 0.248. The van der Waals surface area contributed by atoms with Crippen molar-refractivity contribution in [3.05, 3.63) is 11.3 Å². The summed E-state index contributed by atoms with van der Waals surface area (Å²) in [4.78, 5) is 26.1. The van der Waals surface area contributed by atoms with Crippen LogP contribution < -0.4 is 22.1 Å². The number of carbonyl (C=O) groups excluding carboxylic acids is 2. The van der Waals surface area contributed by atoms with E-state index in [4.69, 9.17) is 11.5 Å². The van der Waals surface area contributed by atoms with Gasteiger partial charge in [0.05, 0.1) is 6.42 Å². The molecule has 0 aromatic carbocycles. The standard InChI is InChI=1S/C9H17N5O2/c1-12-5(4-6(10)15)7(8(11)13-2)9(16)14-3/h12H,4H2,1-3H3,(H2,10,15)(H2,11,13)(H,14,16)/b7-5+. The Morgan fingerprint density at radius 3 is 2.06 bits per heavy atom. The van der Waals surface area contributed by atoms with Gasteiger partial charge in [0.2, 0.25) is 5.91 Å². The average molecular weight is 227 g/mol. The molecule has 7 nitrogen and oxygen atoms in total. The zero-order valence-corrected chi connectivity index (χ0v) is 9.63. The number of amides is 2. The number of nitrogens with zero attached hydrogens (tertiary/aromatic N) is 1. The van der Waals surface area contributed by atoms with Crippen molar-refractivity contribution >= 4 is 17.6 Å². The number of amidine groups is 1. The minimum absolute atomic E-state index is 0.0463. The number of likely N-dealkylation sites (N-methyl/N-ethyl adjacent to an activating group) is 1. The Bertz CT molecular complexity index is 346. The first-order valence-corrected chi connectivity index (χ1v) is 4.61. The van der Waals surface area contributed by atoms with Crippen molar-refractivity contribution in [3.63, 3.8) is 0 Å². The molecule has 16 heavy (non-hydrogen) atoms. The Morgan fingerprint density at radius 1 is 1.19 bits per heavy atom. The molecule has 0 spiro atoms. The Hall–Kier alpha value is -2.05. The van der Waals surface area contributed by atoms with Gasteiger partial charge in [0.25, 0.3) is 5.91 Å². The van der Waals surface area contributed by atoms with Gasteiger partial charge >= 0.3 is 0 Å². The van der Waals surface area contributed by atoms with Crippen LogP contribution in [0, 0.1) is 0 Å². The van der Waals surface area contributed by atoms with Crippen molar-refractivity contribution in [1.29, 1.82) is 0 Å². The van der Waals surface area contributed by atoms with Crippen LogP contribution in [-0.4, -0.2) is 38.8 Å². The molecule has 0 aromatic rings. The summed E-state index contributed by atoms with van der Waals surface area (Å²) in [6, 6.07) is 0. The second kappa shape index (κ2) is 6.44. The SMILES string of the molecule is CN=C(N)/C(C(=O)NC)=C(/CC(N)=O)NC. The van der Waals surface area contributed by atoms with Crippen molar-refractivity contribution in [2.24, 2.45) is 16.5 Å². The molecule has 0 saturated heterocycles. The molecule has 0 bridgehead atoms. The lowest BCUT2D eigenvalue weighted by Gasteiger charge is -2.12. The van der Waals surface area contributed by atoms with E-state index in [1.54, 1.807) is 7.05 Å². The van der Waals surface area contributed by atoms with Gasteiger partial charge in [-0.1, -0.05) is 0 Å². The van der Waals surface area contributed by atoms with Gasteiger partial charge in [-0.2, -0.15) is 0 Å². The second-order valence-electron chi connectivity index (χ2n) is 2.93. The molecule has 0 atom stereocenters. The van der Waals surface area contributed by atoms with Crippen molar-refractivity contribution in [2.75, 3.05) is 21.1 Å². The molecule has 0 aromatic heterocycles. The molecule has 0 rings (SSSR count). The van der Waals surface area contributed by atoms with Gasteiger partial charge in [0, 0.05) is 26.8 Å². The van der Waals surface area contributed by atoms with Crippen molar-refractivity contribution in [2.45, 2.75) is 6.42 Å². The number of hydrogen-bond donors (Lipinski definition) is 4. The fraction of sp³-hybridized carbons (Fsp3) is 0.444. The number of nitrogens with one attached hydrogen (secondary N) is 2. The molecule has 90 valence electrons. The minimum atomic E-state index is -0.561. The fourth-order valence-electron chi connectivity index (χ4n) is 1.12. The van der Waals surface area contributed by atoms with Gasteiger partial charge in [0.1, 0.15) is 11.4 Å². The van der Waals surface area contributed by atoms with E-state index >= 15 is 0 Å². The molecule has 0 radical (unpaired) electrons. The van der Waals surface area contributed by atoms with E-state index in [0.29, 0.717) is 5.70 Å². The first-order valence-electron chi connectivity index (χ1n) is 4.61. The molecule has 2 amide bonds.